The van der Waals surface area contributed by atoms with Gasteiger partial charge in [0.1, 0.15) is 5.75 Å². The van der Waals surface area contributed by atoms with E-state index in [4.69, 9.17) is 4.74 Å². The zero-order valence-electron chi connectivity index (χ0n) is 19.3. The fraction of sp³-hybridized carbons (Fsp3) is 0.240. The number of thioether (sulfide) groups is 1. The first-order valence-electron chi connectivity index (χ1n) is 10.7. The Morgan fingerprint density at radius 2 is 1.86 bits per heavy atom. The van der Waals surface area contributed by atoms with Crippen molar-refractivity contribution in [3.05, 3.63) is 87.4 Å². The van der Waals surface area contributed by atoms with Crippen LogP contribution in [-0.2, 0) is 9.53 Å². The van der Waals surface area contributed by atoms with Gasteiger partial charge in [0.15, 0.2) is 4.80 Å². The van der Waals surface area contributed by atoms with E-state index in [0.29, 0.717) is 29.5 Å². The molecule has 182 valence electrons. The second-order valence-corrected chi connectivity index (χ2v) is 11.7. The Morgan fingerprint density at radius 3 is 2.43 bits per heavy atom. The summed E-state index contributed by atoms with van der Waals surface area (Å²) in [5.74, 6) is -0.401. The molecule has 1 aromatic heterocycles. The Kier molecular flexibility index (Phi) is 7.75. The van der Waals surface area contributed by atoms with Crippen molar-refractivity contribution in [1.29, 1.82) is 0 Å². The third-order valence-corrected chi connectivity index (χ3v) is 8.29. The van der Waals surface area contributed by atoms with Gasteiger partial charge in [0.05, 0.1) is 36.9 Å². The molecule has 0 fully saturated rings. The van der Waals surface area contributed by atoms with Crippen LogP contribution >= 0.6 is 55.0 Å². The van der Waals surface area contributed by atoms with Gasteiger partial charge in [-0.15, -0.1) is 11.8 Å². The monoisotopic (exact) mass is 636 g/mol. The van der Waals surface area contributed by atoms with Gasteiger partial charge < -0.3 is 9.84 Å². The van der Waals surface area contributed by atoms with Crippen LogP contribution in [-0.4, -0.2) is 28.0 Å². The van der Waals surface area contributed by atoms with E-state index in [0.717, 1.165) is 16.0 Å². The van der Waals surface area contributed by atoms with E-state index < -0.39 is 12.0 Å². The number of nitrogens with zero attached hydrogens (tertiary/aromatic N) is 2. The van der Waals surface area contributed by atoms with Gasteiger partial charge in [-0.3, -0.25) is 9.36 Å². The van der Waals surface area contributed by atoms with Gasteiger partial charge in [-0.1, -0.05) is 23.5 Å². The fourth-order valence-corrected chi connectivity index (χ4v) is 6.46. The summed E-state index contributed by atoms with van der Waals surface area (Å²) in [7, 11) is 0. The van der Waals surface area contributed by atoms with Crippen LogP contribution in [0.3, 0.4) is 0 Å². The predicted octanol–water partition coefficient (Wildman–Crippen LogP) is 5.14. The van der Waals surface area contributed by atoms with Gasteiger partial charge in [-0.05, 0) is 100 Å². The van der Waals surface area contributed by atoms with E-state index in [2.05, 4.69) is 36.9 Å². The molecule has 2 heterocycles. The summed E-state index contributed by atoms with van der Waals surface area (Å²) in [6.45, 7) is 5.35. The summed E-state index contributed by atoms with van der Waals surface area (Å²) in [5, 5.41) is 10.0. The number of benzene rings is 2. The second kappa shape index (κ2) is 10.5. The minimum atomic E-state index is -0.658. The number of halogens is 2. The topological polar surface area (TPSA) is 80.9 Å². The molecule has 0 bridgehead atoms. The molecule has 10 heteroatoms. The molecule has 35 heavy (non-hydrogen) atoms. The van der Waals surface area contributed by atoms with Crippen LogP contribution < -0.4 is 14.9 Å². The molecule has 0 aliphatic carbocycles. The average Bonchev–Trinajstić information content (AvgIpc) is 3.10. The van der Waals surface area contributed by atoms with E-state index in [9.17, 15) is 14.7 Å². The lowest BCUT2D eigenvalue weighted by Crippen LogP contribution is -2.40. The molecule has 0 amide bonds. The number of phenols is 1. The molecule has 3 aromatic rings. The molecule has 4 rings (SSSR count). The quantitative estimate of drug-likeness (QED) is 0.310. The number of esters is 1. The Morgan fingerprint density at radius 1 is 1.23 bits per heavy atom. The Labute approximate surface area is 227 Å². The summed E-state index contributed by atoms with van der Waals surface area (Å²) in [4.78, 5) is 33.0. The second-order valence-electron chi connectivity index (χ2n) is 8.14. The van der Waals surface area contributed by atoms with Gasteiger partial charge in [-0.2, -0.15) is 0 Å². The van der Waals surface area contributed by atoms with Crippen LogP contribution in [0.25, 0.3) is 6.08 Å². The van der Waals surface area contributed by atoms with Crippen molar-refractivity contribution >= 4 is 67.0 Å². The molecule has 0 radical (unpaired) electrons. The SMILES string of the molecule is CSc1ccc([C@@H]2C(C(=O)OC(C)C)=C(C)N=c3s/c(=C\c4cc(Br)c(O)c(Br)c4)c(=O)n32)cc1. The number of hydrogen-bond acceptors (Lipinski definition) is 7. The first-order chi connectivity index (χ1) is 16.6. The van der Waals surface area contributed by atoms with Crippen molar-refractivity contribution in [2.24, 2.45) is 4.99 Å². The van der Waals surface area contributed by atoms with Crippen LogP contribution in [0, 0.1) is 0 Å². The molecule has 0 saturated heterocycles. The lowest BCUT2D eigenvalue weighted by molar-refractivity contribution is -0.143. The maximum absolute atomic E-state index is 13.7. The maximum Gasteiger partial charge on any atom is 0.338 e. The number of thiazole rings is 1. The number of allylic oxidation sites excluding steroid dienone is 1. The molecule has 1 atom stereocenters. The highest BCUT2D eigenvalue weighted by Gasteiger charge is 2.33. The van der Waals surface area contributed by atoms with Crippen molar-refractivity contribution in [3.63, 3.8) is 0 Å². The van der Waals surface area contributed by atoms with Crippen LogP contribution in [0.15, 0.2) is 71.3 Å². The number of carbonyl (C=O) groups is 1. The number of phenolic OH excluding ortho intramolecular Hbond substituents is 1. The van der Waals surface area contributed by atoms with Crippen LogP contribution in [0.4, 0.5) is 0 Å². The number of carbonyl (C=O) groups excluding carboxylic acids is 1. The predicted molar refractivity (Wildman–Crippen MR) is 147 cm³/mol. The molecular weight excluding hydrogens is 616 g/mol. The average molecular weight is 638 g/mol. The fourth-order valence-electron chi connectivity index (χ4n) is 3.78. The van der Waals surface area contributed by atoms with Crippen molar-refractivity contribution in [2.75, 3.05) is 6.26 Å². The van der Waals surface area contributed by atoms with Gasteiger partial charge in [-0.25, -0.2) is 9.79 Å². The molecule has 0 saturated carbocycles. The summed E-state index contributed by atoms with van der Waals surface area (Å²) in [6.07, 6.45) is 3.43. The van der Waals surface area contributed by atoms with Crippen molar-refractivity contribution in [1.82, 2.24) is 4.57 Å². The molecule has 0 unspecified atom stereocenters. The smallest absolute Gasteiger partial charge is 0.338 e. The summed E-state index contributed by atoms with van der Waals surface area (Å²) in [5.41, 5.74) is 2.15. The van der Waals surface area contributed by atoms with Crippen molar-refractivity contribution in [3.8, 4) is 5.75 Å². The van der Waals surface area contributed by atoms with Crippen LogP contribution in [0.5, 0.6) is 5.75 Å². The number of fused-ring (bicyclic) bond motifs is 1. The van der Waals surface area contributed by atoms with E-state index >= 15 is 0 Å². The number of hydrogen-bond donors (Lipinski definition) is 1. The third kappa shape index (κ3) is 5.21. The zero-order chi connectivity index (χ0) is 25.4. The highest BCUT2D eigenvalue weighted by molar-refractivity contribution is 9.11. The molecular formula is C25H22Br2N2O4S2. The van der Waals surface area contributed by atoms with E-state index in [1.54, 1.807) is 55.3 Å². The van der Waals surface area contributed by atoms with Gasteiger partial charge in [0.25, 0.3) is 5.56 Å². The minimum absolute atomic E-state index is 0.0845. The van der Waals surface area contributed by atoms with Crippen molar-refractivity contribution in [2.45, 2.75) is 37.8 Å². The maximum atomic E-state index is 13.7. The van der Waals surface area contributed by atoms with Gasteiger partial charge >= 0.3 is 5.97 Å². The van der Waals surface area contributed by atoms with Gasteiger partial charge in [0.2, 0.25) is 0 Å². The van der Waals surface area contributed by atoms with E-state index in [-0.39, 0.29) is 17.4 Å². The number of rotatable bonds is 5. The third-order valence-electron chi connectivity index (χ3n) is 5.35. The number of aromatic nitrogens is 1. The zero-order valence-corrected chi connectivity index (χ0v) is 24.1. The molecule has 1 aliphatic rings. The first kappa shape index (κ1) is 25.9. The Bertz CT molecular complexity index is 1500. The summed E-state index contributed by atoms with van der Waals surface area (Å²) < 4.78 is 8.58. The summed E-state index contributed by atoms with van der Waals surface area (Å²) in [6, 6.07) is 10.6. The Balaban J connectivity index is 1.94. The Hall–Kier alpha value is -2.14. The molecule has 2 aromatic carbocycles. The van der Waals surface area contributed by atoms with E-state index in [1.165, 1.54) is 11.3 Å². The highest BCUT2D eigenvalue weighted by atomic mass is 79.9. The van der Waals surface area contributed by atoms with E-state index in [1.807, 2.05) is 30.5 Å². The largest absolute Gasteiger partial charge is 0.506 e. The molecule has 1 aliphatic heterocycles. The number of aromatic hydroxyl groups is 1. The first-order valence-corrected chi connectivity index (χ1v) is 14.3. The molecule has 6 nitrogen and oxygen atoms in total. The lowest BCUT2D eigenvalue weighted by atomic mass is 9.96. The lowest BCUT2D eigenvalue weighted by Gasteiger charge is -2.25. The van der Waals surface area contributed by atoms with Gasteiger partial charge in [0, 0.05) is 4.90 Å². The van der Waals surface area contributed by atoms with Crippen LogP contribution in [0.1, 0.15) is 37.9 Å². The van der Waals surface area contributed by atoms with Crippen molar-refractivity contribution < 1.29 is 14.6 Å². The minimum Gasteiger partial charge on any atom is -0.506 e. The standard InChI is InChI=1S/C25H22Br2N2O4S2/c1-12(2)33-24(32)20-13(3)28-25-29(21(20)15-5-7-16(34-4)8-6-15)23(31)19(35-25)11-14-9-17(26)22(30)18(27)10-14/h5-12,21,30H,1-4H3/b19-11-/t21-/m1/s1. The normalized spacial score (nSPS) is 15.9. The summed E-state index contributed by atoms with van der Waals surface area (Å²) >= 11 is 9.53. The molecule has 1 N–H and O–H groups in total. The molecule has 0 spiro atoms. The van der Waals surface area contributed by atoms with Crippen LogP contribution in [0.2, 0.25) is 0 Å². The number of ether oxygens (including phenoxy) is 1. The highest BCUT2D eigenvalue weighted by Crippen LogP contribution is 2.34.